The maximum Gasteiger partial charge on any atom is 0.328 e. The lowest BCUT2D eigenvalue weighted by Gasteiger charge is -2.12. The third-order valence-corrected chi connectivity index (χ3v) is 8.50. The maximum atomic E-state index is 13.4. The standard InChI is InChI=1S/C37H55NO5/c1-4-5-6-7-8-9-10-11-12-13-14-15-16-17-18-19-34(39)37-29(2)33(25-27-36(42)43)38(30(37)3)28-32-22-20-31(21-23-32)24-26-35(40)41/h20-24,26H,4-19,25,27-28H2,1-3H3,(H,40,41)(H,42,43)/b26-24+. The van der Waals surface area contributed by atoms with E-state index in [0.717, 1.165) is 52.6 Å². The summed E-state index contributed by atoms with van der Waals surface area (Å²) in [7, 11) is 0. The van der Waals surface area contributed by atoms with Crippen LogP contribution in [0.1, 0.15) is 155 Å². The highest BCUT2D eigenvalue weighted by Crippen LogP contribution is 2.27. The fourth-order valence-electron chi connectivity index (χ4n) is 5.99. The fraction of sp³-hybridized carbons (Fsp3) is 0.595. The minimum atomic E-state index is -0.993. The van der Waals surface area contributed by atoms with Crippen molar-refractivity contribution in [2.24, 2.45) is 0 Å². The number of aliphatic carboxylic acids is 2. The van der Waals surface area contributed by atoms with Gasteiger partial charge in [0.1, 0.15) is 0 Å². The average molecular weight is 594 g/mol. The molecule has 2 N–H and O–H groups in total. The topological polar surface area (TPSA) is 96.6 Å². The molecule has 0 aliphatic carbocycles. The number of benzene rings is 1. The molecule has 0 fully saturated rings. The summed E-state index contributed by atoms with van der Waals surface area (Å²) in [6, 6.07) is 7.60. The number of carboxylic acids is 2. The molecule has 6 nitrogen and oxygen atoms in total. The number of carbonyl (C=O) groups excluding carboxylic acids is 1. The summed E-state index contributed by atoms with van der Waals surface area (Å²) in [5.74, 6) is -1.70. The SMILES string of the molecule is CCCCCCCCCCCCCCCCCC(=O)c1c(C)c(CCC(=O)O)n(Cc2ccc(/C=C/C(=O)O)cc2)c1C. The Labute approximate surface area is 259 Å². The number of hydrogen-bond donors (Lipinski definition) is 2. The molecule has 6 heteroatoms. The molecule has 238 valence electrons. The van der Waals surface area contributed by atoms with E-state index in [1.54, 1.807) is 6.08 Å². The average Bonchev–Trinajstić information content (AvgIpc) is 3.21. The molecule has 0 aliphatic heterocycles. The van der Waals surface area contributed by atoms with Crippen LogP contribution in [0.4, 0.5) is 0 Å². The first-order valence-electron chi connectivity index (χ1n) is 16.7. The maximum absolute atomic E-state index is 13.4. The monoisotopic (exact) mass is 593 g/mol. The Hall–Kier alpha value is -3.15. The van der Waals surface area contributed by atoms with Crippen LogP contribution in [0.3, 0.4) is 0 Å². The van der Waals surface area contributed by atoms with Crippen LogP contribution in [0, 0.1) is 13.8 Å². The second-order valence-electron chi connectivity index (χ2n) is 12.0. The van der Waals surface area contributed by atoms with Gasteiger partial charge in [0.15, 0.2) is 5.78 Å². The summed E-state index contributed by atoms with van der Waals surface area (Å²) in [5, 5.41) is 18.2. The lowest BCUT2D eigenvalue weighted by Crippen LogP contribution is -2.09. The van der Waals surface area contributed by atoms with Gasteiger partial charge >= 0.3 is 11.9 Å². The van der Waals surface area contributed by atoms with E-state index in [1.165, 1.54) is 83.5 Å². The minimum absolute atomic E-state index is 0.00981. The predicted molar refractivity (Wildman–Crippen MR) is 176 cm³/mol. The van der Waals surface area contributed by atoms with Gasteiger partial charge in [-0.2, -0.15) is 0 Å². The third kappa shape index (κ3) is 13.8. The number of carboxylic acid groups (broad SMARTS) is 2. The van der Waals surface area contributed by atoms with Crippen LogP contribution < -0.4 is 0 Å². The molecule has 2 aromatic rings. The second kappa shape index (κ2) is 20.7. The number of unbranched alkanes of at least 4 members (excludes halogenated alkanes) is 14. The number of Topliss-reactive ketones (excluding diaryl/α,β-unsaturated/α-hetero) is 1. The molecule has 0 bridgehead atoms. The van der Waals surface area contributed by atoms with E-state index in [4.69, 9.17) is 5.11 Å². The van der Waals surface area contributed by atoms with Crippen LogP contribution in [0.2, 0.25) is 0 Å². The zero-order valence-corrected chi connectivity index (χ0v) is 27.0. The van der Waals surface area contributed by atoms with Crippen molar-refractivity contribution in [3.63, 3.8) is 0 Å². The summed E-state index contributed by atoms with van der Waals surface area (Å²) >= 11 is 0. The highest BCUT2D eigenvalue weighted by Gasteiger charge is 2.22. The summed E-state index contributed by atoms with van der Waals surface area (Å²) in [4.78, 5) is 35.5. The number of rotatable bonds is 24. The number of ketones is 1. The number of nitrogens with zero attached hydrogens (tertiary/aromatic N) is 1. The van der Waals surface area contributed by atoms with Gasteiger partial charge in [0.2, 0.25) is 0 Å². The Morgan fingerprint density at radius 1 is 0.721 bits per heavy atom. The molecule has 0 saturated heterocycles. The summed E-state index contributed by atoms with van der Waals surface area (Å²) in [6.07, 6.45) is 22.9. The van der Waals surface area contributed by atoms with Gasteiger partial charge in [0.05, 0.1) is 6.42 Å². The summed E-state index contributed by atoms with van der Waals surface area (Å²) in [6.45, 7) is 6.69. The lowest BCUT2D eigenvalue weighted by molar-refractivity contribution is -0.137. The number of hydrogen-bond acceptors (Lipinski definition) is 3. The first-order valence-corrected chi connectivity index (χ1v) is 16.7. The van der Waals surface area contributed by atoms with Crippen molar-refractivity contribution in [2.75, 3.05) is 0 Å². The van der Waals surface area contributed by atoms with Gasteiger partial charge in [-0.1, -0.05) is 121 Å². The van der Waals surface area contributed by atoms with E-state index >= 15 is 0 Å². The predicted octanol–water partition coefficient (Wildman–Crippen LogP) is 9.71. The van der Waals surface area contributed by atoms with E-state index in [9.17, 15) is 19.5 Å². The molecule has 1 aromatic heterocycles. The lowest BCUT2D eigenvalue weighted by atomic mass is 9.99. The van der Waals surface area contributed by atoms with E-state index in [2.05, 4.69) is 11.5 Å². The zero-order valence-electron chi connectivity index (χ0n) is 27.0. The van der Waals surface area contributed by atoms with Crippen molar-refractivity contribution >= 4 is 23.8 Å². The smallest absolute Gasteiger partial charge is 0.328 e. The zero-order chi connectivity index (χ0) is 31.5. The van der Waals surface area contributed by atoms with Gasteiger partial charge in [-0.3, -0.25) is 9.59 Å². The molecule has 0 spiro atoms. The molecule has 0 saturated carbocycles. The Morgan fingerprint density at radius 2 is 1.23 bits per heavy atom. The molecular formula is C37H55NO5. The normalized spacial score (nSPS) is 11.4. The highest BCUT2D eigenvalue weighted by molar-refractivity contribution is 5.99. The van der Waals surface area contributed by atoms with Gasteiger partial charge in [0, 0.05) is 36.0 Å². The largest absolute Gasteiger partial charge is 0.481 e. The third-order valence-electron chi connectivity index (χ3n) is 8.50. The molecule has 0 atom stereocenters. The van der Waals surface area contributed by atoms with Crippen LogP contribution in [-0.2, 0) is 22.6 Å². The molecule has 0 amide bonds. The van der Waals surface area contributed by atoms with Crippen LogP contribution in [0.5, 0.6) is 0 Å². The van der Waals surface area contributed by atoms with Crippen molar-refractivity contribution in [1.29, 1.82) is 0 Å². The van der Waals surface area contributed by atoms with Crippen molar-refractivity contribution in [2.45, 2.75) is 143 Å². The van der Waals surface area contributed by atoms with Crippen LogP contribution in [0.15, 0.2) is 30.3 Å². The Kier molecular flexibility index (Phi) is 17.4. The summed E-state index contributed by atoms with van der Waals surface area (Å²) < 4.78 is 2.08. The van der Waals surface area contributed by atoms with Crippen LogP contribution in [0.25, 0.3) is 6.08 Å². The van der Waals surface area contributed by atoms with E-state index in [-0.39, 0.29) is 12.2 Å². The molecular weight excluding hydrogens is 538 g/mol. The van der Waals surface area contributed by atoms with Gasteiger partial charge < -0.3 is 14.8 Å². The number of carbonyl (C=O) groups is 3. The Bertz CT molecular complexity index is 1160. The van der Waals surface area contributed by atoms with Crippen molar-refractivity contribution in [3.05, 3.63) is 64.0 Å². The van der Waals surface area contributed by atoms with Crippen molar-refractivity contribution in [1.82, 2.24) is 4.57 Å². The van der Waals surface area contributed by atoms with E-state index < -0.39 is 11.9 Å². The van der Waals surface area contributed by atoms with Crippen LogP contribution in [-0.4, -0.2) is 32.5 Å². The fourth-order valence-corrected chi connectivity index (χ4v) is 5.99. The quantitative estimate of drug-likeness (QED) is 0.0717. The molecule has 43 heavy (non-hydrogen) atoms. The Morgan fingerprint density at radius 3 is 1.72 bits per heavy atom. The van der Waals surface area contributed by atoms with Crippen molar-refractivity contribution in [3.8, 4) is 0 Å². The van der Waals surface area contributed by atoms with E-state index in [0.29, 0.717) is 19.4 Å². The molecule has 2 rings (SSSR count). The molecule has 0 unspecified atom stereocenters. The second-order valence-corrected chi connectivity index (χ2v) is 12.0. The molecule has 1 heterocycles. The Balaban J connectivity index is 1.83. The molecule has 0 radical (unpaired) electrons. The van der Waals surface area contributed by atoms with Crippen molar-refractivity contribution < 1.29 is 24.6 Å². The first-order chi connectivity index (χ1) is 20.7. The highest BCUT2D eigenvalue weighted by atomic mass is 16.4. The van der Waals surface area contributed by atoms with Crippen LogP contribution >= 0.6 is 0 Å². The molecule has 0 aliphatic rings. The van der Waals surface area contributed by atoms with Gasteiger partial charge in [-0.05, 0) is 49.5 Å². The minimum Gasteiger partial charge on any atom is -0.481 e. The number of aromatic nitrogens is 1. The van der Waals surface area contributed by atoms with Gasteiger partial charge in [0.25, 0.3) is 0 Å². The summed E-state index contributed by atoms with van der Waals surface area (Å²) in [5.41, 5.74) is 5.21. The van der Waals surface area contributed by atoms with Gasteiger partial charge in [-0.15, -0.1) is 0 Å². The van der Waals surface area contributed by atoms with Gasteiger partial charge in [-0.25, -0.2) is 4.79 Å². The van der Waals surface area contributed by atoms with E-state index in [1.807, 2.05) is 38.1 Å². The first kappa shape index (κ1) is 36.0. The molecule has 1 aromatic carbocycles.